The number of aryl methyl sites for hydroxylation is 1. The maximum absolute atomic E-state index is 12.9. The van der Waals surface area contributed by atoms with Crippen molar-refractivity contribution in [1.82, 2.24) is 29.7 Å². The van der Waals surface area contributed by atoms with Crippen molar-refractivity contribution in [2.45, 2.75) is 23.2 Å². The van der Waals surface area contributed by atoms with E-state index < -0.39 is 5.92 Å². The first kappa shape index (κ1) is 17.9. The van der Waals surface area contributed by atoms with E-state index in [1.165, 1.54) is 23.5 Å². The van der Waals surface area contributed by atoms with E-state index in [0.29, 0.717) is 33.1 Å². The predicted octanol–water partition coefficient (Wildman–Crippen LogP) is 1.58. The van der Waals surface area contributed by atoms with Crippen molar-refractivity contribution in [2.24, 2.45) is 7.05 Å². The third-order valence-electron chi connectivity index (χ3n) is 4.65. The minimum Gasteiger partial charge on any atom is -0.324 e. The van der Waals surface area contributed by atoms with Crippen LogP contribution in [0.1, 0.15) is 28.3 Å². The number of anilines is 2. The van der Waals surface area contributed by atoms with E-state index in [1.54, 1.807) is 10.9 Å². The molecule has 11 heteroatoms. The van der Waals surface area contributed by atoms with Crippen molar-refractivity contribution in [2.75, 3.05) is 17.8 Å². The van der Waals surface area contributed by atoms with Crippen LogP contribution >= 0.6 is 23.5 Å². The lowest BCUT2D eigenvalue weighted by Gasteiger charge is -2.26. The number of hydrogen-bond donors (Lipinski definition) is 3. The monoisotopic (exact) mass is 403 g/mol. The molecule has 3 aromatic rings. The molecule has 0 radical (unpaired) electrons. The van der Waals surface area contributed by atoms with E-state index >= 15 is 0 Å². The summed E-state index contributed by atoms with van der Waals surface area (Å²) < 4.78 is 1.71. The Balaban J connectivity index is 2.07. The molecule has 1 aliphatic heterocycles. The van der Waals surface area contributed by atoms with Gasteiger partial charge in [-0.05, 0) is 19.4 Å². The molecule has 9 nitrogen and oxygen atoms in total. The second-order valence-electron chi connectivity index (χ2n) is 6.04. The molecule has 0 saturated carbocycles. The third kappa shape index (κ3) is 2.77. The van der Waals surface area contributed by atoms with Crippen LogP contribution in [0, 0.1) is 6.92 Å². The number of thioether (sulfide) groups is 2. The molecule has 4 rings (SSSR count). The highest BCUT2D eigenvalue weighted by Crippen LogP contribution is 2.41. The lowest BCUT2D eigenvalue weighted by atomic mass is 9.85. The van der Waals surface area contributed by atoms with Gasteiger partial charge in [0.2, 0.25) is 0 Å². The van der Waals surface area contributed by atoms with Gasteiger partial charge in [-0.15, -0.1) is 0 Å². The summed E-state index contributed by atoms with van der Waals surface area (Å²) in [6.45, 7) is 1.90. The fourth-order valence-electron chi connectivity index (χ4n) is 3.21. The van der Waals surface area contributed by atoms with Crippen molar-refractivity contribution in [3.8, 4) is 0 Å². The van der Waals surface area contributed by atoms with Gasteiger partial charge in [0.05, 0.1) is 23.2 Å². The normalized spacial score (nSPS) is 13.2. The summed E-state index contributed by atoms with van der Waals surface area (Å²) in [6, 6.07) is 0. The molecule has 4 heterocycles. The predicted molar refractivity (Wildman–Crippen MR) is 105 cm³/mol. The molecular weight excluding hydrogens is 386 g/mol. The fourth-order valence-corrected chi connectivity index (χ4v) is 3.96. The van der Waals surface area contributed by atoms with Crippen LogP contribution in [-0.4, -0.2) is 42.2 Å². The third-order valence-corrected chi connectivity index (χ3v) is 5.81. The molecule has 0 aromatic carbocycles. The highest BCUT2D eigenvalue weighted by Gasteiger charge is 2.36. The van der Waals surface area contributed by atoms with Gasteiger partial charge in [-0.3, -0.25) is 14.3 Å². The maximum atomic E-state index is 12.9. The Bertz CT molecular complexity index is 1100. The average Bonchev–Trinajstić information content (AvgIpc) is 2.98. The topological polar surface area (TPSA) is 121 Å². The number of fused-ring (bicyclic) bond motifs is 2. The van der Waals surface area contributed by atoms with Crippen molar-refractivity contribution >= 4 is 35.2 Å². The minimum atomic E-state index is -0.607. The van der Waals surface area contributed by atoms with Gasteiger partial charge in [0.15, 0.2) is 10.3 Å². The SMILES string of the molecule is CSc1nc2c(c(=O)[nH]1)C(c1cnn(C)c1C)c1c(nc(SC)[nH]c1=O)N2. The molecule has 3 N–H and O–H groups in total. The quantitative estimate of drug-likeness (QED) is 0.348. The Labute approximate surface area is 162 Å². The molecule has 27 heavy (non-hydrogen) atoms. The molecule has 0 atom stereocenters. The second kappa shape index (κ2) is 6.57. The molecule has 0 unspecified atom stereocenters. The molecule has 0 bridgehead atoms. The molecule has 0 fully saturated rings. The van der Waals surface area contributed by atoms with E-state index in [2.05, 4.69) is 30.4 Å². The molecule has 1 aliphatic rings. The minimum absolute atomic E-state index is 0.288. The Hall–Kier alpha value is -2.53. The number of aromatic amines is 2. The van der Waals surface area contributed by atoms with Crippen LogP contribution in [0.2, 0.25) is 0 Å². The van der Waals surface area contributed by atoms with Crippen molar-refractivity contribution in [3.05, 3.63) is 49.3 Å². The molecule has 0 saturated heterocycles. The Kier molecular flexibility index (Phi) is 4.35. The number of aromatic nitrogens is 6. The summed E-state index contributed by atoms with van der Waals surface area (Å²) in [5.41, 5.74) is 1.84. The van der Waals surface area contributed by atoms with Crippen molar-refractivity contribution in [3.63, 3.8) is 0 Å². The molecule has 0 aliphatic carbocycles. The summed E-state index contributed by atoms with van der Waals surface area (Å²) in [5.74, 6) is 0.215. The highest BCUT2D eigenvalue weighted by atomic mass is 32.2. The van der Waals surface area contributed by atoms with Gasteiger partial charge in [0.1, 0.15) is 11.6 Å². The Morgan fingerprint density at radius 3 is 1.93 bits per heavy atom. The van der Waals surface area contributed by atoms with E-state index in [1.807, 2.05) is 26.5 Å². The molecule has 0 amide bonds. The highest BCUT2D eigenvalue weighted by molar-refractivity contribution is 7.98. The van der Waals surface area contributed by atoms with Gasteiger partial charge in [-0.1, -0.05) is 23.5 Å². The lowest BCUT2D eigenvalue weighted by molar-refractivity contribution is 0.734. The van der Waals surface area contributed by atoms with Crippen LogP contribution in [0.25, 0.3) is 0 Å². The summed E-state index contributed by atoms with van der Waals surface area (Å²) >= 11 is 2.67. The van der Waals surface area contributed by atoms with Crippen LogP contribution in [-0.2, 0) is 7.05 Å². The van der Waals surface area contributed by atoms with Gasteiger partial charge >= 0.3 is 0 Å². The summed E-state index contributed by atoms with van der Waals surface area (Å²) in [6.07, 6.45) is 5.35. The van der Waals surface area contributed by atoms with Crippen LogP contribution < -0.4 is 16.4 Å². The fraction of sp³-hybridized carbons (Fsp3) is 0.312. The lowest BCUT2D eigenvalue weighted by Crippen LogP contribution is -2.32. The zero-order chi connectivity index (χ0) is 19.3. The zero-order valence-corrected chi connectivity index (χ0v) is 16.7. The van der Waals surface area contributed by atoms with Crippen LogP contribution in [0.4, 0.5) is 11.6 Å². The van der Waals surface area contributed by atoms with Gasteiger partial charge in [-0.2, -0.15) is 5.10 Å². The summed E-state index contributed by atoms with van der Waals surface area (Å²) in [4.78, 5) is 40.3. The van der Waals surface area contributed by atoms with Gasteiger partial charge in [0, 0.05) is 18.3 Å². The van der Waals surface area contributed by atoms with Gasteiger partial charge in [0.25, 0.3) is 11.1 Å². The van der Waals surface area contributed by atoms with E-state index in [0.717, 1.165) is 11.3 Å². The van der Waals surface area contributed by atoms with E-state index in [4.69, 9.17) is 0 Å². The average molecular weight is 403 g/mol. The molecule has 140 valence electrons. The largest absolute Gasteiger partial charge is 0.324 e. The van der Waals surface area contributed by atoms with Crippen LogP contribution in [0.5, 0.6) is 0 Å². The smallest absolute Gasteiger partial charge is 0.257 e. The van der Waals surface area contributed by atoms with Crippen LogP contribution in [0.3, 0.4) is 0 Å². The standard InChI is InChI=1S/C16H17N7O2S2/c1-6-7(5-17-23(6)2)8-9-11(19-15(26-3)21-13(9)24)18-12-10(8)14(25)22-16(20-12)27-4/h5,8H,1-4H3,(H3,18,19,20,21,22,24,25). The van der Waals surface area contributed by atoms with Crippen molar-refractivity contribution < 1.29 is 0 Å². The Morgan fingerprint density at radius 2 is 1.52 bits per heavy atom. The number of H-pyrrole nitrogens is 2. The number of nitrogens with one attached hydrogen (secondary N) is 3. The number of hydrogen-bond acceptors (Lipinski definition) is 8. The first-order valence-electron chi connectivity index (χ1n) is 8.06. The number of rotatable bonds is 3. The maximum Gasteiger partial charge on any atom is 0.257 e. The first-order chi connectivity index (χ1) is 12.9. The summed E-state index contributed by atoms with van der Waals surface area (Å²) in [7, 11) is 1.82. The van der Waals surface area contributed by atoms with E-state index in [-0.39, 0.29) is 11.1 Å². The van der Waals surface area contributed by atoms with Crippen LogP contribution in [0.15, 0.2) is 26.1 Å². The second-order valence-corrected chi connectivity index (χ2v) is 7.63. The molecule has 0 spiro atoms. The van der Waals surface area contributed by atoms with Gasteiger partial charge < -0.3 is 15.3 Å². The Morgan fingerprint density at radius 1 is 1.00 bits per heavy atom. The molecule has 3 aromatic heterocycles. The summed E-state index contributed by atoms with van der Waals surface area (Å²) in [5, 5.41) is 8.35. The first-order valence-corrected chi connectivity index (χ1v) is 10.5. The van der Waals surface area contributed by atoms with E-state index in [9.17, 15) is 9.59 Å². The van der Waals surface area contributed by atoms with Gasteiger partial charge in [-0.25, -0.2) is 9.97 Å². The number of nitrogens with zero attached hydrogens (tertiary/aromatic N) is 4. The zero-order valence-electron chi connectivity index (χ0n) is 15.1. The molecular formula is C16H17N7O2S2. The van der Waals surface area contributed by atoms with Crippen molar-refractivity contribution in [1.29, 1.82) is 0 Å².